The summed E-state index contributed by atoms with van der Waals surface area (Å²) >= 11 is 0. The minimum atomic E-state index is -3.88. The number of hydrogen-bond acceptors (Lipinski definition) is 5. The van der Waals surface area contributed by atoms with Gasteiger partial charge >= 0.3 is 5.97 Å². The van der Waals surface area contributed by atoms with Crippen molar-refractivity contribution in [1.82, 2.24) is 0 Å². The largest absolute Gasteiger partial charge is 0.468 e. The number of carbonyl (C=O) groups is 1. The molecule has 0 aromatic carbocycles. The maximum Gasteiger partial charge on any atom is 0.325 e. The SMILES string of the molecule is COC(=O)C(CCCN)S(N)(=O)=O. The second-order valence-corrected chi connectivity index (χ2v) is 4.28. The summed E-state index contributed by atoms with van der Waals surface area (Å²) in [5, 5.41) is 3.54. The molecule has 0 bridgehead atoms. The number of methoxy groups -OCH3 is 1. The molecule has 78 valence electrons. The highest BCUT2D eigenvalue weighted by molar-refractivity contribution is 7.90. The van der Waals surface area contributed by atoms with E-state index >= 15 is 0 Å². The zero-order valence-corrected chi connectivity index (χ0v) is 8.21. The molecular formula is C6H14N2O4S. The van der Waals surface area contributed by atoms with Crippen molar-refractivity contribution < 1.29 is 17.9 Å². The van der Waals surface area contributed by atoms with Crippen molar-refractivity contribution in [1.29, 1.82) is 0 Å². The average molecular weight is 210 g/mol. The number of hydrogen-bond donors (Lipinski definition) is 2. The Morgan fingerprint density at radius 1 is 1.54 bits per heavy atom. The van der Waals surface area contributed by atoms with Gasteiger partial charge in [-0.15, -0.1) is 0 Å². The van der Waals surface area contributed by atoms with E-state index in [4.69, 9.17) is 10.9 Å². The third-order valence-corrected chi connectivity index (χ3v) is 2.75. The number of rotatable bonds is 5. The molecule has 0 aromatic rings. The highest BCUT2D eigenvalue weighted by Crippen LogP contribution is 2.06. The fraction of sp³-hybridized carbons (Fsp3) is 0.833. The maximum absolute atomic E-state index is 10.9. The van der Waals surface area contributed by atoms with Gasteiger partial charge in [-0.3, -0.25) is 4.79 Å². The lowest BCUT2D eigenvalue weighted by molar-refractivity contribution is -0.140. The van der Waals surface area contributed by atoms with E-state index in [1.165, 1.54) is 0 Å². The lowest BCUT2D eigenvalue weighted by Gasteiger charge is -2.10. The molecule has 0 saturated heterocycles. The molecule has 0 rings (SSSR count). The Balaban J connectivity index is 4.47. The Hall–Kier alpha value is -0.660. The van der Waals surface area contributed by atoms with Gasteiger partial charge in [0.2, 0.25) is 10.0 Å². The van der Waals surface area contributed by atoms with Crippen molar-refractivity contribution in [3.8, 4) is 0 Å². The summed E-state index contributed by atoms with van der Waals surface area (Å²) in [5.74, 6) is -0.837. The van der Waals surface area contributed by atoms with E-state index in [0.29, 0.717) is 13.0 Å². The molecule has 7 heteroatoms. The first-order valence-electron chi connectivity index (χ1n) is 3.73. The molecule has 0 amide bonds. The van der Waals surface area contributed by atoms with Crippen LogP contribution in [-0.2, 0) is 19.6 Å². The highest BCUT2D eigenvalue weighted by Gasteiger charge is 2.29. The first kappa shape index (κ1) is 12.3. The van der Waals surface area contributed by atoms with Crippen LogP contribution in [0.1, 0.15) is 12.8 Å². The molecule has 0 aliphatic heterocycles. The van der Waals surface area contributed by atoms with Crippen LogP contribution < -0.4 is 10.9 Å². The fourth-order valence-electron chi connectivity index (χ4n) is 0.851. The molecule has 0 heterocycles. The molecule has 0 radical (unpaired) electrons. The molecule has 6 nitrogen and oxygen atoms in total. The summed E-state index contributed by atoms with van der Waals surface area (Å²) in [4.78, 5) is 10.9. The highest BCUT2D eigenvalue weighted by atomic mass is 32.2. The van der Waals surface area contributed by atoms with Gasteiger partial charge in [0.25, 0.3) is 0 Å². The van der Waals surface area contributed by atoms with Crippen molar-refractivity contribution >= 4 is 16.0 Å². The number of sulfonamides is 1. The Kier molecular flexibility index (Phi) is 4.89. The molecule has 4 N–H and O–H groups in total. The number of esters is 1. The topological polar surface area (TPSA) is 112 Å². The normalized spacial score (nSPS) is 13.8. The van der Waals surface area contributed by atoms with Crippen molar-refractivity contribution in [2.45, 2.75) is 18.1 Å². The number of primary sulfonamides is 1. The summed E-state index contributed by atoms with van der Waals surface area (Å²) in [5.41, 5.74) is 5.17. The first-order chi connectivity index (χ1) is 5.93. The van der Waals surface area contributed by atoms with Crippen LogP contribution in [0.25, 0.3) is 0 Å². The third kappa shape index (κ3) is 4.20. The molecule has 0 fully saturated rings. The number of carbonyl (C=O) groups excluding carboxylic acids is 1. The first-order valence-corrected chi connectivity index (χ1v) is 5.34. The lowest BCUT2D eigenvalue weighted by atomic mass is 10.2. The van der Waals surface area contributed by atoms with Crippen LogP contribution >= 0.6 is 0 Å². The van der Waals surface area contributed by atoms with E-state index < -0.39 is 21.2 Å². The molecular weight excluding hydrogens is 196 g/mol. The van der Waals surface area contributed by atoms with Crippen molar-refractivity contribution in [3.05, 3.63) is 0 Å². The van der Waals surface area contributed by atoms with E-state index in [0.717, 1.165) is 7.11 Å². The number of ether oxygens (including phenoxy) is 1. The molecule has 0 aliphatic rings. The summed E-state index contributed by atoms with van der Waals surface area (Å²) in [6.45, 7) is 0.309. The summed E-state index contributed by atoms with van der Waals surface area (Å²) < 4.78 is 26.0. The van der Waals surface area contributed by atoms with Gasteiger partial charge in [0.15, 0.2) is 5.25 Å². The van der Waals surface area contributed by atoms with Gasteiger partial charge in [-0.2, -0.15) is 0 Å². The van der Waals surface area contributed by atoms with Crippen LogP contribution in [0.2, 0.25) is 0 Å². The quantitative estimate of drug-likeness (QED) is 0.539. The molecule has 1 atom stereocenters. The molecule has 1 unspecified atom stereocenters. The average Bonchev–Trinajstić information content (AvgIpc) is 2.02. The predicted octanol–water partition coefficient (Wildman–Crippen LogP) is -1.44. The molecule has 13 heavy (non-hydrogen) atoms. The van der Waals surface area contributed by atoms with E-state index in [9.17, 15) is 13.2 Å². The fourth-order valence-corrected chi connectivity index (χ4v) is 1.71. The predicted molar refractivity (Wildman–Crippen MR) is 47.2 cm³/mol. The van der Waals surface area contributed by atoms with Crippen LogP contribution in [0.3, 0.4) is 0 Å². The molecule has 0 aromatic heterocycles. The Morgan fingerprint density at radius 2 is 2.08 bits per heavy atom. The maximum atomic E-state index is 10.9. The summed E-state index contributed by atoms with van der Waals surface area (Å²) in [6.07, 6.45) is 0.512. The monoisotopic (exact) mass is 210 g/mol. The Morgan fingerprint density at radius 3 is 2.38 bits per heavy atom. The smallest absolute Gasteiger partial charge is 0.325 e. The van der Waals surface area contributed by atoms with Gasteiger partial charge in [-0.05, 0) is 19.4 Å². The second kappa shape index (κ2) is 5.15. The summed E-state index contributed by atoms with van der Waals surface area (Å²) in [6, 6.07) is 0. The minimum absolute atomic E-state index is 0.0992. The molecule has 0 saturated carbocycles. The van der Waals surface area contributed by atoms with E-state index in [-0.39, 0.29) is 6.42 Å². The van der Waals surface area contributed by atoms with Crippen molar-refractivity contribution in [2.24, 2.45) is 10.9 Å². The van der Waals surface area contributed by atoms with E-state index in [1.807, 2.05) is 0 Å². The zero-order valence-electron chi connectivity index (χ0n) is 7.39. The van der Waals surface area contributed by atoms with Crippen LogP contribution in [0, 0.1) is 0 Å². The van der Waals surface area contributed by atoms with Gasteiger partial charge in [-0.25, -0.2) is 13.6 Å². The van der Waals surface area contributed by atoms with Crippen LogP contribution in [0.5, 0.6) is 0 Å². The number of nitrogens with two attached hydrogens (primary N) is 2. The van der Waals surface area contributed by atoms with Gasteiger partial charge in [0.1, 0.15) is 0 Å². The standard InChI is InChI=1S/C6H14N2O4S/c1-12-6(9)5(3-2-4-7)13(8,10)11/h5H,2-4,7H2,1H3,(H2,8,10,11). The molecule has 0 aliphatic carbocycles. The second-order valence-electron chi connectivity index (χ2n) is 2.53. The van der Waals surface area contributed by atoms with Crippen LogP contribution in [-0.4, -0.2) is 33.3 Å². The van der Waals surface area contributed by atoms with Gasteiger partial charge in [0, 0.05) is 0 Å². The minimum Gasteiger partial charge on any atom is -0.468 e. The van der Waals surface area contributed by atoms with Crippen LogP contribution in [0.4, 0.5) is 0 Å². The van der Waals surface area contributed by atoms with Crippen LogP contribution in [0.15, 0.2) is 0 Å². The zero-order chi connectivity index (χ0) is 10.5. The van der Waals surface area contributed by atoms with Gasteiger partial charge in [0.05, 0.1) is 7.11 Å². The van der Waals surface area contributed by atoms with E-state index in [1.54, 1.807) is 0 Å². The Labute approximate surface area is 77.3 Å². The van der Waals surface area contributed by atoms with E-state index in [2.05, 4.69) is 4.74 Å². The summed E-state index contributed by atoms with van der Waals surface area (Å²) in [7, 11) is -2.76. The Bertz CT molecular complexity index is 262. The van der Waals surface area contributed by atoms with Crippen molar-refractivity contribution in [3.63, 3.8) is 0 Å². The lowest BCUT2D eigenvalue weighted by Crippen LogP contribution is -2.36. The molecule has 0 spiro atoms. The van der Waals surface area contributed by atoms with Gasteiger partial charge in [-0.1, -0.05) is 0 Å². The third-order valence-electron chi connectivity index (χ3n) is 1.53. The van der Waals surface area contributed by atoms with Gasteiger partial charge < -0.3 is 10.5 Å². The van der Waals surface area contributed by atoms with Crippen molar-refractivity contribution in [2.75, 3.05) is 13.7 Å².